The molecule has 1 saturated carbocycles. The smallest absolute Gasteiger partial charge is 0.314 e. The quantitative estimate of drug-likeness (QED) is 0.290. The molecule has 1 aliphatic carbocycles. The molecule has 0 atom stereocenters. The highest BCUT2D eigenvalue weighted by molar-refractivity contribution is 5.75. The molecule has 0 N–H and O–H groups in total. The van der Waals surface area contributed by atoms with E-state index >= 15 is 0 Å². The van der Waals surface area contributed by atoms with Crippen molar-refractivity contribution >= 4 is 5.97 Å². The fraction of sp³-hybridized carbons (Fsp3) is 0.455. The van der Waals surface area contributed by atoms with Crippen molar-refractivity contribution < 1.29 is 9.53 Å². The molecule has 1 aliphatic rings. The number of esters is 1. The van der Waals surface area contributed by atoms with Gasteiger partial charge in [0, 0.05) is 6.08 Å². The molecule has 0 amide bonds. The summed E-state index contributed by atoms with van der Waals surface area (Å²) < 4.78 is 5.54. The Kier molecular flexibility index (Phi) is 7.98. The van der Waals surface area contributed by atoms with E-state index < -0.39 is 0 Å². The van der Waals surface area contributed by atoms with Gasteiger partial charge in [-0.25, -0.2) is 0 Å². The van der Waals surface area contributed by atoms with Crippen molar-refractivity contribution in [2.75, 3.05) is 0 Å². The summed E-state index contributed by atoms with van der Waals surface area (Å²) in [6, 6.07) is 9.76. The summed E-state index contributed by atoms with van der Waals surface area (Å²) in [6.07, 6.45) is 14.5. The Morgan fingerprint density at radius 2 is 1.92 bits per heavy atom. The SMILES string of the molecule is CCc1ccc(OC(=O)[C@H]2CC[C@H](CCC=CC=CC#N)CC2)cc1. The summed E-state index contributed by atoms with van der Waals surface area (Å²) in [7, 11) is 0. The first-order valence-corrected chi connectivity index (χ1v) is 9.24. The minimum atomic E-state index is -0.0794. The molecule has 0 aromatic heterocycles. The van der Waals surface area contributed by atoms with E-state index in [1.54, 1.807) is 6.08 Å². The summed E-state index contributed by atoms with van der Waals surface area (Å²) in [4.78, 5) is 12.3. The van der Waals surface area contributed by atoms with Gasteiger partial charge in [0.1, 0.15) is 5.75 Å². The highest BCUT2D eigenvalue weighted by Gasteiger charge is 2.27. The van der Waals surface area contributed by atoms with Crippen LogP contribution in [0.15, 0.2) is 48.6 Å². The van der Waals surface area contributed by atoms with E-state index in [9.17, 15) is 4.79 Å². The minimum absolute atomic E-state index is 0.0382. The first-order chi connectivity index (χ1) is 12.2. The Bertz CT molecular complexity index is 629. The molecule has 0 radical (unpaired) electrons. The Balaban J connectivity index is 1.70. The number of carbonyl (C=O) groups is 1. The molecule has 25 heavy (non-hydrogen) atoms. The fourth-order valence-electron chi connectivity index (χ4n) is 3.28. The standard InChI is InChI=1S/C22H27NO2/c1-2-18-11-15-21(16-12-18)25-22(24)20-13-9-19(10-14-20)8-6-4-3-5-7-17-23/h3-5,7,11-12,15-16,19-20H,2,6,8-10,13-14H2,1H3/t19-,20-. The van der Waals surface area contributed by atoms with Crippen LogP contribution >= 0.6 is 0 Å². The molecule has 0 bridgehead atoms. The van der Waals surface area contributed by atoms with Crippen LogP contribution in [0.5, 0.6) is 5.75 Å². The largest absolute Gasteiger partial charge is 0.426 e. The third-order valence-electron chi connectivity index (χ3n) is 4.89. The van der Waals surface area contributed by atoms with E-state index in [1.807, 2.05) is 36.4 Å². The highest BCUT2D eigenvalue weighted by Crippen LogP contribution is 2.32. The molecule has 3 heteroatoms. The second-order valence-corrected chi connectivity index (χ2v) is 6.63. The lowest BCUT2D eigenvalue weighted by molar-refractivity contribution is -0.140. The molecule has 1 aromatic carbocycles. The summed E-state index contributed by atoms with van der Waals surface area (Å²) in [6.45, 7) is 2.11. The maximum absolute atomic E-state index is 12.3. The van der Waals surface area contributed by atoms with Crippen molar-refractivity contribution in [1.29, 1.82) is 5.26 Å². The van der Waals surface area contributed by atoms with E-state index in [4.69, 9.17) is 10.00 Å². The molecule has 0 aliphatic heterocycles. The highest BCUT2D eigenvalue weighted by atomic mass is 16.5. The van der Waals surface area contributed by atoms with Crippen molar-refractivity contribution in [1.82, 2.24) is 0 Å². The lowest BCUT2D eigenvalue weighted by Gasteiger charge is -2.26. The Hall–Kier alpha value is -2.34. The number of aryl methyl sites for hydroxylation is 1. The molecule has 2 rings (SSSR count). The summed E-state index contributed by atoms with van der Waals surface area (Å²) in [5.74, 6) is 1.30. The molecule has 0 saturated heterocycles. The van der Waals surface area contributed by atoms with E-state index in [-0.39, 0.29) is 11.9 Å². The van der Waals surface area contributed by atoms with Crippen LogP contribution < -0.4 is 4.74 Å². The second-order valence-electron chi connectivity index (χ2n) is 6.63. The molecule has 0 unspecified atom stereocenters. The van der Waals surface area contributed by atoms with Gasteiger partial charge >= 0.3 is 5.97 Å². The van der Waals surface area contributed by atoms with Gasteiger partial charge in [-0.3, -0.25) is 4.79 Å². The van der Waals surface area contributed by atoms with E-state index in [1.165, 1.54) is 11.6 Å². The van der Waals surface area contributed by atoms with Crippen molar-refractivity contribution in [3.8, 4) is 11.8 Å². The maximum Gasteiger partial charge on any atom is 0.314 e. The van der Waals surface area contributed by atoms with Gasteiger partial charge in [0.2, 0.25) is 0 Å². The number of allylic oxidation sites excluding steroid dienone is 4. The Labute approximate surface area is 151 Å². The third-order valence-corrected chi connectivity index (χ3v) is 4.89. The van der Waals surface area contributed by atoms with Crippen LogP contribution in [0.4, 0.5) is 0 Å². The Morgan fingerprint density at radius 3 is 2.56 bits per heavy atom. The molecule has 0 heterocycles. The number of hydrogen-bond donors (Lipinski definition) is 0. The second kappa shape index (κ2) is 10.5. The zero-order chi connectivity index (χ0) is 17.9. The van der Waals surface area contributed by atoms with Gasteiger partial charge in [0.25, 0.3) is 0 Å². The average molecular weight is 337 g/mol. The first kappa shape index (κ1) is 19.0. The fourth-order valence-corrected chi connectivity index (χ4v) is 3.28. The first-order valence-electron chi connectivity index (χ1n) is 9.24. The minimum Gasteiger partial charge on any atom is -0.426 e. The predicted molar refractivity (Wildman–Crippen MR) is 100 cm³/mol. The number of nitriles is 1. The van der Waals surface area contributed by atoms with E-state index in [0.717, 1.165) is 44.9 Å². The van der Waals surface area contributed by atoms with Crippen LogP contribution in [-0.2, 0) is 11.2 Å². The zero-order valence-corrected chi connectivity index (χ0v) is 15.0. The summed E-state index contributed by atoms with van der Waals surface area (Å²) >= 11 is 0. The number of benzene rings is 1. The van der Waals surface area contributed by atoms with Gasteiger partial charge < -0.3 is 4.74 Å². The van der Waals surface area contributed by atoms with E-state index in [0.29, 0.717) is 11.7 Å². The van der Waals surface area contributed by atoms with Crippen LogP contribution in [0.25, 0.3) is 0 Å². The number of nitrogens with zero attached hydrogens (tertiary/aromatic N) is 1. The van der Waals surface area contributed by atoms with Gasteiger partial charge in [0.15, 0.2) is 0 Å². The van der Waals surface area contributed by atoms with Crippen LogP contribution in [0.1, 0.15) is 51.0 Å². The predicted octanol–water partition coefficient (Wildman–Crippen LogP) is 5.38. The lowest BCUT2D eigenvalue weighted by Crippen LogP contribution is -2.25. The van der Waals surface area contributed by atoms with Crippen molar-refractivity contribution in [2.45, 2.75) is 51.9 Å². The maximum atomic E-state index is 12.3. The molecule has 1 fully saturated rings. The van der Waals surface area contributed by atoms with Gasteiger partial charge in [0.05, 0.1) is 12.0 Å². The number of hydrogen-bond acceptors (Lipinski definition) is 3. The Morgan fingerprint density at radius 1 is 1.20 bits per heavy atom. The van der Waals surface area contributed by atoms with Crippen LogP contribution in [0, 0.1) is 23.2 Å². The lowest BCUT2D eigenvalue weighted by atomic mass is 9.80. The number of rotatable bonds is 7. The van der Waals surface area contributed by atoms with Crippen LogP contribution in [0.3, 0.4) is 0 Å². The molecular formula is C22H27NO2. The summed E-state index contributed by atoms with van der Waals surface area (Å²) in [5.41, 5.74) is 1.25. The van der Waals surface area contributed by atoms with Crippen molar-refractivity contribution in [3.05, 3.63) is 54.1 Å². The molecule has 0 spiro atoms. The monoisotopic (exact) mass is 337 g/mol. The van der Waals surface area contributed by atoms with E-state index in [2.05, 4.69) is 13.0 Å². The average Bonchev–Trinajstić information content (AvgIpc) is 2.65. The van der Waals surface area contributed by atoms with Gasteiger partial charge in [-0.2, -0.15) is 5.26 Å². The van der Waals surface area contributed by atoms with Crippen molar-refractivity contribution in [3.63, 3.8) is 0 Å². The van der Waals surface area contributed by atoms with Crippen LogP contribution in [-0.4, -0.2) is 5.97 Å². The van der Waals surface area contributed by atoms with Gasteiger partial charge in [-0.15, -0.1) is 0 Å². The molecule has 132 valence electrons. The number of carbonyl (C=O) groups excluding carboxylic acids is 1. The van der Waals surface area contributed by atoms with Gasteiger partial charge in [-0.1, -0.05) is 37.3 Å². The molecule has 3 nitrogen and oxygen atoms in total. The summed E-state index contributed by atoms with van der Waals surface area (Å²) in [5, 5.41) is 8.40. The third kappa shape index (κ3) is 6.58. The topological polar surface area (TPSA) is 50.1 Å². The normalized spacial score (nSPS) is 20.6. The zero-order valence-electron chi connectivity index (χ0n) is 15.0. The van der Waals surface area contributed by atoms with Crippen LogP contribution in [0.2, 0.25) is 0 Å². The molecule has 1 aromatic rings. The molecular weight excluding hydrogens is 310 g/mol. The van der Waals surface area contributed by atoms with Crippen molar-refractivity contribution in [2.24, 2.45) is 11.8 Å². The van der Waals surface area contributed by atoms with Gasteiger partial charge in [-0.05, 0) is 68.6 Å². The number of ether oxygens (including phenoxy) is 1.